The Morgan fingerprint density at radius 3 is 2.25 bits per heavy atom. The average molecular weight is 693 g/mol. The predicted molar refractivity (Wildman–Crippen MR) is 218 cm³/mol. The van der Waals surface area contributed by atoms with Crippen molar-refractivity contribution in [3.63, 3.8) is 0 Å². The van der Waals surface area contributed by atoms with E-state index in [1.165, 1.54) is 46.0 Å². The zero-order valence-corrected chi connectivity index (χ0v) is 33.1. The highest BCUT2D eigenvalue weighted by atomic mass is 16.5. The summed E-state index contributed by atoms with van der Waals surface area (Å²) in [4.78, 5) is 4.85. The second kappa shape index (κ2) is 13.7. The quantitative estimate of drug-likeness (QED) is 0.149. The Morgan fingerprint density at radius 1 is 0.788 bits per heavy atom. The second-order valence-electron chi connectivity index (χ2n) is 17.0. The maximum Gasteiger partial charge on any atom is 0.137 e. The number of allylic oxidation sites excluding steroid dienone is 2. The van der Waals surface area contributed by atoms with E-state index in [9.17, 15) is 0 Å². The minimum atomic E-state index is -0.0871. The number of hydrogen-bond acceptors (Lipinski definition) is 3. The fourth-order valence-corrected chi connectivity index (χ4v) is 8.54. The molecular formula is C47H56N4O. The van der Waals surface area contributed by atoms with Crippen molar-refractivity contribution in [2.45, 2.75) is 106 Å². The molecule has 0 N–H and O–H groups in total. The molecule has 5 heteroatoms. The van der Waals surface area contributed by atoms with Crippen LogP contribution in [0.4, 0.5) is 0 Å². The molecule has 0 spiro atoms. The number of nitrogens with zero attached hydrogens (tertiary/aromatic N) is 4. The standard InChI is InChI=1S/C47H56N4O/c1-28(2)33-21-22-48-44(23-33)50-42-18-13-12-15-40(42)41-20-19-36(27-43(41)50)52-37-25-34(47(9,10)11)24-35(26-37)51-32(8)45(31(7)49-51)46-38(29(3)4)16-14-17-39(46)30(5)6/h12-13,15-16,18-30,39,46H,14,17H2,1-11H3/t39?,46-/m0/s1. The Hall–Kier alpha value is -4.64. The van der Waals surface area contributed by atoms with Crippen LogP contribution in [0.15, 0.2) is 90.6 Å². The maximum atomic E-state index is 6.84. The van der Waals surface area contributed by atoms with Gasteiger partial charge in [0.25, 0.3) is 0 Å². The van der Waals surface area contributed by atoms with Gasteiger partial charge in [-0.1, -0.05) is 92.2 Å². The van der Waals surface area contributed by atoms with Crippen molar-refractivity contribution < 1.29 is 4.74 Å². The molecule has 0 fully saturated rings. The summed E-state index contributed by atoms with van der Waals surface area (Å²) >= 11 is 0. The van der Waals surface area contributed by atoms with Gasteiger partial charge < -0.3 is 4.74 Å². The number of fused-ring (bicyclic) bond motifs is 3. The summed E-state index contributed by atoms with van der Waals surface area (Å²) in [6.07, 6.45) is 6.83. The number of aryl methyl sites for hydroxylation is 1. The number of pyridine rings is 1. The Labute approximate surface area is 310 Å². The molecule has 1 aliphatic rings. The van der Waals surface area contributed by atoms with E-state index in [2.05, 4.69) is 164 Å². The van der Waals surface area contributed by atoms with Crippen LogP contribution in [0.2, 0.25) is 0 Å². The van der Waals surface area contributed by atoms with Crippen LogP contribution >= 0.6 is 0 Å². The Balaban J connectivity index is 1.34. The molecule has 52 heavy (non-hydrogen) atoms. The van der Waals surface area contributed by atoms with Crippen LogP contribution in [-0.4, -0.2) is 19.3 Å². The third-order valence-corrected chi connectivity index (χ3v) is 11.4. The van der Waals surface area contributed by atoms with Crippen molar-refractivity contribution >= 4 is 21.8 Å². The topological polar surface area (TPSA) is 44.9 Å². The van der Waals surface area contributed by atoms with Gasteiger partial charge >= 0.3 is 0 Å². The summed E-state index contributed by atoms with van der Waals surface area (Å²) in [5.41, 5.74) is 10.9. The molecule has 7 rings (SSSR count). The maximum absolute atomic E-state index is 6.84. The van der Waals surface area contributed by atoms with Gasteiger partial charge in [-0.05, 0) is 109 Å². The van der Waals surface area contributed by atoms with Crippen LogP contribution < -0.4 is 4.74 Å². The van der Waals surface area contributed by atoms with E-state index in [1.807, 2.05) is 6.20 Å². The zero-order valence-electron chi connectivity index (χ0n) is 33.1. The lowest BCUT2D eigenvalue weighted by Crippen LogP contribution is -2.26. The SMILES string of the molecule is Cc1nn(-c2cc(Oc3ccc4c5ccccc5n(-c5cc(C(C)C)ccn5)c4c3)cc(C(C)(C)C)c2)c(C)c1[C@H]1C(C(C)C)=CCCC1C(C)C. The lowest BCUT2D eigenvalue weighted by Gasteiger charge is -2.37. The van der Waals surface area contributed by atoms with Crippen LogP contribution in [-0.2, 0) is 5.41 Å². The van der Waals surface area contributed by atoms with Crippen molar-refractivity contribution in [3.8, 4) is 23.0 Å². The average Bonchev–Trinajstić information content (AvgIpc) is 3.59. The fraction of sp³-hybridized carbons (Fsp3) is 0.404. The monoisotopic (exact) mass is 692 g/mol. The summed E-state index contributed by atoms with van der Waals surface area (Å²) in [5, 5.41) is 7.65. The highest BCUT2D eigenvalue weighted by Crippen LogP contribution is 2.47. The number of benzene rings is 3. The van der Waals surface area contributed by atoms with Gasteiger partial charge in [-0.3, -0.25) is 4.57 Å². The lowest BCUT2D eigenvalue weighted by atomic mass is 9.67. The van der Waals surface area contributed by atoms with Crippen LogP contribution in [0, 0.1) is 31.6 Å². The highest BCUT2D eigenvalue weighted by molar-refractivity contribution is 6.09. The summed E-state index contributed by atoms with van der Waals surface area (Å²) in [6.45, 7) is 25.2. The number of rotatable bonds is 8. The summed E-state index contributed by atoms with van der Waals surface area (Å²) < 4.78 is 11.3. The van der Waals surface area contributed by atoms with Gasteiger partial charge in [0.2, 0.25) is 0 Å². The third-order valence-electron chi connectivity index (χ3n) is 11.4. The van der Waals surface area contributed by atoms with Crippen molar-refractivity contribution in [2.75, 3.05) is 0 Å². The molecule has 1 aliphatic carbocycles. The first-order chi connectivity index (χ1) is 24.7. The van der Waals surface area contributed by atoms with E-state index in [0.717, 1.165) is 39.7 Å². The van der Waals surface area contributed by atoms with Crippen molar-refractivity contribution in [3.05, 3.63) is 119 Å². The largest absolute Gasteiger partial charge is 0.457 e. The van der Waals surface area contributed by atoms with Crippen molar-refractivity contribution in [1.82, 2.24) is 19.3 Å². The first kappa shape index (κ1) is 35.7. The van der Waals surface area contributed by atoms with Crippen molar-refractivity contribution in [1.29, 1.82) is 0 Å². The smallest absolute Gasteiger partial charge is 0.137 e. The molecular weight excluding hydrogens is 637 g/mol. The normalized spacial score (nSPS) is 16.8. The molecule has 6 aromatic rings. The van der Waals surface area contributed by atoms with E-state index in [0.29, 0.717) is 29.6 Å². The number of aromatic nitrogens is 4. The Bertz CT molecular complexity index is 2290. The fourth-order valence-electron chi connectivity index (χ4n) is 8.54. The summed E-state index contributed by atoms with van der Waals surface area (Å²) in [7, 11) is 0. The molecule has 0 bridgehead atoms. The molecule has 0 saturated carbocycles. The molecule has 3 heterocycles. The molecule has 1 unspecified atom stereocenters. The van der Waals surface area contributed by atoms with E-state index in [1.54, 1.807) is 5.57 Å². The van der Waals surface area contributed by atoms with E-state index in [4.69, 9.17) is 14.8 Å². The minimum absolute atomic E-state index is 0.0871. The van der Waals surface area contributed by atoms with Gasteiger partial charge in [0, 0.05) is 46.3 Å². The number of para-hydroxylation sites is 1. The molecule has 3 aromatic carbocycles. The van der Waals surface area contributed by atoms with E-state index >= 15 is 0 Å². The Kier molecular flexibility index (Phi) is 9.44. The van der Waals surface area contributed by atoms with Crippen LogP contribution in [0.25, 0.3) is 33.3 Å². The Morgan fingerprint density at radius 2 is 1.54 bits per heavy atom. The molecule has 0 radical (unpaired) electrons. The summed E-state index contributed by atoms with van der Waals surface area (Å²) in [6, 6.07) is 26.0. The molecule has 5 nitrogen and oxygen atoms in total. The lowest BCUT2D eigenvalue weighted by molar-refractivity contribution is 0.297. The number of hydrogen-bond donors (Lipinski definition) is 0. The van der Waals surface area contributed by atoms with Crippen molar-refractivity contribution in [2.24, 2.45) is 17.8 Å². The molecule has 2 atom stereocenters. The summed E-state index contributed by atoms with van der Waals surface area (Å²) in [5.74, 6) is 5.01. The van der Waals surface area contributed by atoms with Crippen LogP contribution in [0.5, 0.6) is 11.5 Å². The minimum Gasteiger partial charge on any atom is -0.457 e. The van der Waals surface area contributed by atoms with Gasteiger partial charge in [0.1, 0.15) is 17.3 Å². The second-order valence-corrected chi connectivity index (χ2v) is 17.0. The third kappa shape index (κ3) is 6.48. The van der Waals surface area contributed by atoms with Gasteiger partial charge in [0.15, 0.2) is 0 Å². The highest BCUT2D eigenvalue weighted by Gasteiger charge is 2.36. The molecule has 0 amide bonds. The molecule has 270 valence electrons. The van der Waals surface area contributed by atoms with E-state index in [-0.39, 0.29) is 5.41 Å². The first-order valence-electron chi connectivity index (χ1n) is 19.3. The van der Waals surface area contributed by atoms with Gasteiger partial charge in [-0.25, -0.2) is 9.67 Å². The molecule has 3 aromatic heterocycles. The van der Waals surface area contributed by atoms with E-state index < -0.39 is 0 Å². The first-order valence-corrected chi connectivity index (χ1v) is 19.3. The molecule has 0 aliphatic heterocycles. The zero-order chi connectivity index (χ0) is 37.1. The van der Waals surface area contributed by atoms with Crippen LogP contribution in [0.3, 0.4) is 0 Å². The van der Waals surface area contributed by atoms with Gasteiger partial charge in [0.05, 0.1) is 22.4 Å². The van der Waals surface area contributed by atoms with Gasteiger partial charge in [-0.2, -0.15) is 5.10 Å². The number of ether oxygens (including phenoxy) is 1. The predicted octanol–water partition coefficient (Wildman–Crippen LogP) is 12.9. The molecule has 0 saturated heterocycles. The van der Waals surface area contributed by atoms with Gasteiger partial charge in [-0.15, -0.1) is 0 Å². The van der Waals surface area contributed by atoms with Crippen LogP contribution in [0.1, 0.15) is 115 Å².